The predicted octanol–water partition coefficient (Wildman–Crippen LogP) is 3.67. The zero-order valence-corrected chi connectivity index (χ0v) is 17.4. The summed E-state index contributed by atoms with van der Waals surface area (Å²) in [5.74, 6) is -0.417. The number of carbonyl (C=O) groups is 1. The van der Waals surface area contributed by atoms with Crippen molar-refractivity contribution in [1.82, 2.24) is 9.47 Å². The monoisotopic (exact) mass is 382 g/mol. The second-order valence-corrected chi connectivity index (χ2v) is 8.45. The summed E-state index contributed by atoms with van der Waals surface area (Å²) in [4.78, 5) is 15.0. The van der Waals surface area contributed by atoms with Gasteiger partial charge in [0.2, 0.25) is 0 Å². The maximum Gasteiger partial charge on any atom is 0.314 e. The number of esters is 1. The number of likely N-dealkylation sites (N-methyl/N-ethyl adjacent to an activating group) is 1. The number of fused-ring (bicyclic) bond motifs is 2. The van der Waals surface area contributed by atoms with Gasteiger partial charge in [-0.05, 0) is 57.0 Å². The van der Waals surface area contributed by atoms with E-state index in [0.717, 1.165) is 6.42 Å². The van der Waals surface area contributed by atoms with Crippen LogP contribution < -0.4 is 0 Å². The topological polar surface area (TPSA) is 43.7 Å². The van der Waals surface area contributed by atoms with Gasteiger partial charge in [-0.25, -0.2) is 0 Å². The Morgan fingerprint density at radius 2 is 2.07 bits per heavy atom. The van der Waals surface area contributed by atoms with E-state index in [-0.39, 0.29) is 18.0 Å². The highest BCUT2D eigenvalue weighted by Crippen LogP contribution is 2.42. The van der Waals surface area contributed by atoms with Gasteiger partial charge in [0.05, 0.1) is 12.5 Å². The molecule has 1 aromatic heterocycles. The van der Waals surface area contributed by atoms with Crippen LogP contribution in [0.4, 0.5) is 0 Å². The van der Waals surface area contributed by atoms with Crippen molar-refractivity contribution in [2.75, 3.05) is 27.3 Å². The van der Waals surface area contributed by atoms with E-state index >= 15 is 0 Å². The van der Waals surface area contributed by atoms with Crippen LogP contribution in [0.3, 0.4) is 0 Å². The summed E-state index contributed by atoms with van der Waals surface area (Å²) in [7, 11) is 3.73. The van der Waals surface area contributed by atoms with Crippen LogP contribution in [-0.4, -0.2) is 54.9 Å². The van der Waals surface area contributed by atoms with Crippen LogP contribution in [0.2, 0.25) is 0 Å². The number of hydrogen-bond acceptors (Lipinski definition) is 4. The lowest BCUT2D eigenvalue weighted by molar-refractivity contribution is -0.154. The Hall–Kier alpha value is -2.11. The fraction of sp³-hybridized carbons (Fsp3) is 0.522. The first-order valence-electron chi connectivity index (χ1n) is 10.1. The Morgan fingerprint density at radius 1 is 1.29 bits per heavy atom. The highest BCUT2D eigenvalue weighted by Gasteiger charge is 2.37. The van der Waals surface area contributed by atoms with Gasteiger partial charge in [-0.3, -0.25) is 9.69 Å². The summed E-state index contributed by atoms with van der Waals surface area (Å²) >= 11 is 0. The van der Waals surface area contributed by atoms with E-state index in [4.69, 9.17) is 9.47 Å². The molecule has 150 valence electrons. The molecular formula is C23H30N2O3. The first kappa shape index (κ1) is 19.2. The molecule has 0 bridgehead atoms. The van der Waals surface area contributed by atoms with Gasteiger partial charge < -0.3 is 14.0 Å². The smallest absolute Gasteiger partial charge is 0.314 e. The van der Waals surface area contributed by atoms with Crippen LogP contribution in [0.25, 0.3) is 16.5 Å². The molecule has 0 saturated carbocycles. The van der Waals surface area contributed by atoms with Gasteiger partial charge >= 0.3 is 5.97 Å². The third-order valence-corrected chi connectivity index (χ3v) is 6.00. The molecule has 1 aromatic carbocycles. The minimum Gasteiger partial charge on any atom is -0.460 e. The summed E-state index contributed by atoms with van der Waals surface area (Å²) in [6, 6.07) is 7.26. The molecule has 1 unspecified atom stereocenters. The number of benzene rings is 1. The first-order valence-corrected chi connectivity index (χ1v) is 10.1. The summed E-state index contributed by atoms with van der Waals surface area (Å²) in [5.41, 5.74) is 5.21. The van der Waals surface area contributed by atoms with Gasteiger partial charge in [0.15, 0.2) is 0 Å². The van der Waals surface area contributed by atoms with Crippen molar-refractivity contribution >= 4 is 22.4 Å². The van der Waals surface area contributed by atoms with E-state index < -0.39 is 0 Å². The molecule has 2 aliphatic rings. The Bertz CT molecular complexity index is 927. The first-order chi connectivity index (χ1) is 13.4. The highest BCUT2D eigenvalue weighted by molar-refractivity contribution is 5.99. The number of nitrogens with zero attached hydrogens (tertiary/aromatic N) is 2. The zero-order valence-electron chi connectivity index (χ0n) is 17.4. The van der Waals surface area contributed by atoms with Crippen LogP contribution in [0.15, 0.2) is 30.5 Å². The number of carbonyl (C=O) groups excluding carboxylic acids is 1. The Kier molecular flexibility index (Phi) is 5.06. The van der Waals surface area contributed by atoms with E-state index in [1.54, 1.807) is 7.11 Å². The van der Waals surface area contributed by atoms with E-state index in [1.807, 2.05) is 6.92 Å². The second-order valence-electron chi connectivity index (χ2n) is 8.45. The summed E-state index contributed by atoms with van der Waals surface area (Å²) in [6.45, 7) is 7.41. The Morgan fingerprint density at radius 3 is 2.79 bits per heavy atom. The van der Waals surface area contributed by atoms with E-state index in [9.17, 15) is 4.79 Å². The fourth-order valence-corrected chi connectivity index (χ4v) is 4.71. The second kappa shape index (κ2) is 7.37. The maximum absolute atomic E-state index is 12.7. The molecule has 0 fully saturated rings. The SMILES string of the molecule is COCC(C)OC(=O)[C@@H]1C=C2c3cccc4c3c(cn4C(C)C)C[C@H]2N(C)C1. The van der Waals surface area contributed by atoms with Gasteiger partial charge in [-0.1, -0.05) is 18.2 Å². The molecule has 5 heteroatoms. The standard InChI is InChI=1S/C23H30N2O3/c1-14(2)25-12-16-10-21-19(18-7-6-8-20(25)22(16)18)9-17(11-24(21)4)23(26)28-15(3)13-27-5/h6-9,12,14-15,17,21H,10-11,13H2,1-5H3/t15?,17-,21-/m1/s1. The third-order valence-electron chi connectivity index (χ3n) is 6.00. The lowest BCUT2D eigenvalue weighted by atomic mass is 9.80. The fourth-order valence-electron chi connectivity index (χ4n) is 4.71. The molecule has 4 rings (SSSR count). The van der Waals surface area contributed by atoms with Crippen LogP contribution in [0.1, 0.15) is 37.9 Å². The average molecular weight is 383 g/mol. The van der Waals surface area contributed by atoms with Crippen molar-refractivity contribution in [2.24, 2.45) is 5.92 Å². The lowest BCUT2D eigenvalue weighted by Crippen LogP contribution is -2.45. The van der Waals surface area contributed by atoms with Crippen molar-refractivity contribution in [2.45, 2.75) is 45.4 Å². The molecule has 1 aliphatic carbocycles. The molecule has 0 amide bonds. The van der Waals surface area contributed by atoms with Crippen molar-refractivity contribution in [3.05, 3.63) is 41.6 Å². The Balaban J connectivity index is 1.74. The van der Waals surface area contributed by atoms with Crippen molar-refractivity contribution in [1.29, 1.82) is 0 Å². The highest BCUT2D eigenvalue weighted by atomic mass is 16.6. The molecule has 0 saturated heterocycles. The van der Waals surface area contributed by atoms with Gasteiger partial charge in [0.1, 0.15) is 6.10 Å². The number of ether oxygens (including phenoxy) is 2. The van der Waals surface area contributed by atoms with E-state index in [2.05, 4.69) is 60.8 Å². The molecule has 0 N–H and O–H groups in total. The normalized spacial score (nSPS) is 22.9. The number of rotatable bonds is 5. The predicted molar refractivity (Wildman–Crippen MR) is 111 cm³/mol. The molecule has 2 aromatic rings. The van der Waals surface area contributed by atoms with Crippen molar-refractivity contribution in [3.63, 3.8) is 0 Å². The molecule has 28 heavy (non-hydrogen) atoms. The van der Waals surface area contributed by atoms with Gasteiger partial charge in [0.25, 0.3) is 0 Å². The van der Waals surface area contributed by atoms with Crippen LogP contribution >= 0.6 is 0 Å². The van der Waals surface area contributed by atoms with Crippen molar-refractivity contribution in [3.8, 4) is 0 Å². The molecular weight excluding hydrogens is 352 g/mol. The minimum atomic E-state index is -0.250. The lowest BCUT2D eigenvalue weighted by Gasteiger charge is -2.39. The van der Waals surface area contributed by atoms with Crippen LogP contribution in [-0.2, 0) is 20.7 Å². The number of hydrogen-bond donors (Lipinski definition) is 0. The number of aromatic nitrogens is 1. The molecule has 1 aliphatic heterocycles. The quantitative estimate of drug-likeness (QED) is 0.740. The molecule has 3 atom stereocenters. The van der Waals surface area contributed by atoms with Crippen LogP contribution in [0.5, 0.6) is 0 Å². The summed E-state index contributed by atoms with van der Waals surface area (Å²) in [5, 5.41) is 1.34. The van der Waals surface area contributed by atoms with E-state index in [0.29, 0.717) is 25.2 Å². The summed E-state index contributed by atoms with van der Waals surface area (Å²) in [6.07, 6.45) is 5.21. The Labute approximate surface area is 166 Å². The maximum atomic E-state index is 12.7. The molecule has 0 spiro atoms. The van der Waals surface area contributed by atoms with Gasteiger partial charge in [0, 0.05) is 42.8 Å². The van der Waals surface area contributed by atoms with Gasteiger partial charge in [-0.2, -0.15) is 0 Å². The number of methoxy groups -OCH3 is 1. The largest absolute Gasteiger partial charge is 0.460 e. The molecule has 2 heterocycles. The van der Waals surface area contributed by atoms with Crippen LogP contribution in [0, 0.1) is 5.92 Å². The molecule has 5 nitrogen and oxygen atoms in total. The minimum absolute atomic E-state index is 0.167. The third kappa shape index (κ3) is 3.16. The average Bonchev–Trinajstić information content (AvgIpc) is 3.03. The molecule has 0 radical (unpaired) electrons. The summed E-state index contributed by atoms with van der Waals surface area (Å²) < 4.78 is 13.1. The van der Waals surface area contributed by atoms with E-state index in [1.165, 1.54) is 27.6 Å². The van der Waals surface area contributed by atoms with Gasteiger partial charge in [-0.15, -0.1) is 0 Å². The van der Waals surface area contributed by atoms with Crippen molar-refractivity contribution < 1.29 is 14.3 Å². The zero-order chi connectivity index (χ0) is 20.0.